The largest absolute Gasteiger partial charge is 0.508 e. The van der Waals surface area contributed by atoms with E-state index in [9.17, 15) is 20.1 Å². The molecule has 1 heterocycles. The Labute approximate surface area is 157 Å². The first kappa shape index (κ1) is 18.8. The first-order chi connectivity index (χ1) is 13.0. The molecule has 1 amide bonds. The second kappa shape index (κ2) is 8.60. The van der Waals surface area contributed by atoms with E-state index in [1.807, 2.05) is 12.3 Å². The summed E-state index contributed by atoms with van der Waals surface area (Å²) in [6.45, 7) is 0.464. The fourth-order valence-electron chi connectivity index (χ4n) is 3.09. The van der Waals surface area contributed by atoms with Crippen LogP contribution in [-0.2, 0) is 17.6 Å². The van der Waals surface area contributed by atoms with Crippen molar-refractivity contribution < 1.29 is 20.1 Å². The average molecular weight is 368 g/mol. The van der Waals surface area contributed by atoms with Gasteiger partial charge in [0.1, 0.15) is 11.5 Å². The first-order valence-corrected chi connectivity index (χ1v) is 9.03. The first-order valence-electron chi connectivity index (χ1n) is 9.03. The number of aliphatic hydroxyl groups is 1. The summed E-state index contributed by atoms with van der Waals surface area (Å²) in [6.07, 6.45) is 3.01. The number of aromatic nitrogens is 1. The van der Waals surface area contributed by atoms with Crippen molar-refractivity contribution in [3.63, 3.8) is 0 Å². The zero-order valence-electron chi connectivity index (χ0n) is 15.0. The summed E-state index contributed by atoms with van der Waals surface area (Å²) in [5.74, 6) is 0.240. The summed E-state index contributed by atoms with van der Waals surface area (Å²) in [5, 5.41) is 32.7. The summed E-state index contributed by atoms with van der Waals surface area (Å²) in [5.41, 5.74) is 2.97. The molecule has 0 fully saturated rings. The van der Waals surface area contributed by atoms with Gasteiger partial charge < -0.3 is 25.6 Å². The van der Waals surface area contributed by atoms with Crippen LogP contribution in [0.1, 0.15) is 24.0 Å². The lowest BCUT2D eigenvalue weighted by molar-refractivity contribution is -0.123. The minimum Gasteiger partial charge on any atom is -0.508 e. The maximum Gasteiger partial charge on any atom is 0.222 e. The molecule has 0 bridgehead atoms. The Morgan fingerprint density at radius 2 is 1.78 bits per heavy atom. The number of hydrogen-bond acceptors (Lipinski definition) is 4. The minimum atomic E-state index is -0.705. The molecule has 0 saturated heterocycles. The van der Waals surface area contributed by atoms with Gasteiger partial charge in [-0.3, -0.25) is 4.79 Å². The van der Waals surface area contributed by atoms with Crippen LogP contribution in [0.15, 0.2) is 48.7 Å². The molecule has 6 heteroatoms. The SMILES string of the molecule is O=C(CC(O)CCc1ccc(O)cc1)NCCc1c[nH]c2ccc(O)cc12. The van der Waals surface area contributed by atoms with Crippen molar-refractivity contribution in [2.75, 3.05) is 6.54 Å². The van der Waals surface area contributed by atoms with Gasteiger partial charge in [0.25, 0.3) is 0 Å². The van der Waals surface area contributed by atoms with Crippen molar-refractivity contribution in [2.24, 2.45) is 0 Å². The molecule has 0 saturated carbocycles. The highest BCUT2D eigenvalue weighted by Gasteiger charge is 2.11. The lowest BCUT2D eigenvalue weighted by Gasteiger charge is -2.11. The summed E-state index contributed by atoms with van der Waals surface area (Å²) in [4.78, 5) is 15.1. The fourth-order valence-corrected chi connectivity index (χ4v) is 3.09. The average Bonchev–Trinajstić information content (AvgIpc) is 3.03. The van der Waals surface area contributed by atoms with Crippen LogP contribution in [0.3, 0.4) is 0 Å². The molecule has 0 aliphatic carbocycles. The molecule has 3 aromatic rings. The molecule has 6 nitrogen and oxygen atoms in total. The standard InChI is InChI=1S/C21H24N2O4/c24-16-4-1-14(2-5-16)3-6-18(26)12-21(27)22-10-9-15-13-23-20-8-7-17(25)11-19(15)20/h1-2,4-5,7-8,11,13,18,23-26H,3,6,9-10,12H2,(H,22,27). The number of nitrogens with one attached hydrogen (secondary N) is 2. The smallest absolute Gasteiger partial charge is 0.222 e. The van der Waals surface area contributed by atoms with E-state index < -0.39 is 6.10 Å². The molecule has 1 unspecified atom stereocenters. The fraction of sp³-hybridized carbons (Fsp3) is 0.286. The number of phenols is 2. The molecule has 27 heavy (non-hydrogen) atoms. The number of phenolic OH excluding ortho intramolecular Hbond substituents is 2. The molecule has 1 atom stereocenters. The topological polar surface area (TPSA) is 106 Å². The summed E-state index contributed by atoms with van der Waals surface area (Å²) in [7, 11) is 0. The van der Waals surface area contributed by atoms with Crippen molar-refractivity contribution in [1.82, 2.24) is 10.3 Å². The zero-order valence-corrected chi connectivity index (χ0v) is 15.0. The molecular formula is C21H24N2O4. The molecule has 0 radical (unpaired) electrons. The number of carbonyl (C=O) groups is 1. The number of aryl methyl sites for hydroxylation is 1. The van der Waals surface area contributed by atoms with Crippen LogP contribution in [0.2, 0.25) is 0 Å². The summed E-state index contributed by atoms with van der Waals surface area (Å²) >= 11 is 0. The molecule has 0 spiro atoms. The van der Waals surface area contributed by atoms with E-state index in [1.165, 1.54) is 0 Å². The van der Waals surface area contributed by atoms with Gasteiger partial charge in [0, 0.05) is 23.6 Å². The predicted molar refractivity (Wildman–Crippen MR) is 104 cm³/mol. The normalized spacial score (nSPS) is 12.2. The van der Waals surface area contributed by atoms with Crippen LogP contribution in [-0.4, -0.2) is 38.9 Å². The number of aromatic amines is 1. The predicted octanol–water partition coefficient (Wildman–Crippen LogP) is 2.62. The number of aromatic hydroxyl groups is 2. The Bertz CT molecular complexity index is 902. The van der Waals surface area contributed by atoms with Crippen molar-refractivity contribution in [3.8, 4) is 11.5 Å². The molecule has 1 aromatic heterocycles. The van der Waals surface area contributed by atoms with Crippen LogP contribution in [0.4, 0.5) is 0 Å². The van der Waals surface area contributed by atoms with Gasteiger partial charge >= 0.3 is 0 Å². The third-order valence-corrected chi connectivity index (χ3v) is 4.59. The van der Waals surface area contributed by atoms with E-state index in [1.54, 1.807) is 36.4 Å². The maximum absolute atomic E-state index is 12.0. The van der Waals surface area contributed by atoms with Gasteiger partial charge in [-0.05, 0) is 60.7 Å². The monoisotopic (exact) mass is 368 g/mol. The van der Waals surface area contributed by atoms with E-state index in [0.717, 1.165) is 22.0 Å². The van der Waals surface area contributed by atoms with Crippen molar-refractivity contribution in [3.05, 3.63) is 59.8 Å². The lowest BCUT2D eigenvalue weighted by atomic mass is 10.0. The summed E-state index contributed by atoms with van der Waals surface area (Å²) < 4.78 is 0. The third-order valence-electron chi connectivity index (χ3n) is 4.59. The summed E-state index contributed by atoms with van der Waals surface area (Å²) in [6, 6.07) is 12.0. The highest BCUT2D eigenvalue weighted by atomic mass is 16.3. The van der Waals surface area contributed by atoms with Gasteiger partial charge in [-0.25, -0.2) is 0 Å². The van der Waals surface area contributed by atoms with Gasteiger partial charge in [0.2, 0.25) is 5.91 Å². The number of amides is 1. The van der Waals surface area contributed by atoms with Crippen molar-refractivity contribution in [1.29, 1.82) is 0 Å². The van der Waals surface area contributed by atoms with Gasteiger partial charge in [0.15, 0.2) is 0 Å². The quantitative estimate of drug-likeness (QED) is 0.421. The molecule has 3 rings (SSSR count). The maximum atomic E-state index is 12.0. The van der Waals surface area contributed by atoms with Crippen molar-refractivity contribution in [2.45, 2.75) is 31.8 Å². The number of rotatable bonds is 8. The van der Waals surface area contributed by atoms with E-state index in [-0.39, 0.29) is 23.8 Å². The van der Waals surface area contributed by atoms with E-state index in [4.69, 9.17) is 0 Å². The Hall–Kier alpha value is -2.99. The number of H-pyrrole nitrogens is 1. The highest BCUT2D eigenvalue weighted by Crippen LogP contribution is 2.23. The molecule has 0 aliphatic heterocycles. The van der Waals surface area contributed by atoms with Crippen LogP contribution < -0.4 is 5.32 Å². The van der Waals surface area contributed by atoms with E-state index in [2.05, 4.69) is 10.3 Å². The van der Waals surface area contributed by atoms with Crippen LogP contribution in [0.5, 0.6) is 11.5 Å². The number of carbonyl (C=O) groups excluding carboxylic acids is 1. The molecule has 5 N–H and O–H groups in total. The number of fused-ring (bicyclic) bond motifs is 1. The van der Waals surface area contributed by atoms with E-state index in [0.29, 0.717) is 25.8 Å². The zero-order chi connectivity index (χ0) is 19.2. The van der Waals surface area contributed by atoms with Gasteiger partial charge in [-0.15, -0.1) is 0 Å². The van der Waals surface area contributed by atoms with Gasteiger partial charge in [-0.1, -0.05) is 12.1 Å². The highest BCUT2D eigenvalue weighted by molar-refractivity contribution is 5.84. The molecule has 2 aromatic carbocycles. The van der Waals surface area contributed by atoms with E-state index >= 15 is 0 Å². The van der Waals surface area contributed by atoms with Crippen molar-refractivity contribution >= 4 is 16.8 Å². The van der Waals surface area contributed by atoms with Gasteiger partial charge in [-0.2, -0.15) is 0 Å². The lowest BCUT2D eigenvalue weighted by Crippen LogP contribution is -2.29. The van der Waals surface area contributed by atoms with Gasteiger partial charge in [0.05, 0.1) is 12.5 Å². The second-order valence-corrected chi connectivity index (χ2v) is 6.71. The Kier molecular flexibility index (Phi) is 5.98. The molecular weight excluding hydrogens is 344 g/mol. The van der Waals surface area contributed by atoms with Crippen LogP contribution in [0.25, 0.3) is 10.9 Å². The Balaban J connectivity index is 1.41. The number of benzene rings is 2. The third kappa shape index (κ3) is 5.24. The van der Waals surface area contributed by atoms with Crippen LogP contribution >= 0.6 is 0 Å². The Morgan fingerprint density at radius 3 is 2.56 bits per heavy atom. The second-order valence-electron chi connectivity index (χ2n) is 6.71. The Morgan fingerprint density at radius 1 is 1.04 bits per heavy atom. The number of hydrogen-bond donors (Lipinski definition) is 5. The molecule has 142 valence electrons. The minimum absolute atomic E-state index is 0.0623. The van der Waals surface area contributed by atoms with Crippen LogP contribution in [0, 0.1) is 0 Å². The molecule has 0 aliphatic rings. The number of aliphatic hydroxyl groups excluding tert-OH is 1.